The number of rotatable bonds is 5. The molecule has 1 atom stereocenters. The third-order valence-electron chi connectivity index (χ3n) is 4.54. The number of carbonyl (C=O) groups is 2. The van der Waals surface area contributed by atoms with Crippen LogP contribution in [0, 0.1) is 5.92 Å². The van der Waals surface area contributed by atoms with E-state index in [0.29, 0.717) is 32.8 Å². The normalized spacial score (nSPS) is 21.6. The Hall–Kier alpha value is -1.83. The van der Waals surface area contributed by atoms with Gasteiger partial charge in [0.05, 0.1) is 0 Å². The van der Waals surface area contributed by atoms with Crippen molar-refractivity contribution in [3.05, 3.63) is 0 Å². The second kappa shape index (κ2) is 9.60. The number of nitrogens with one attached hydrogen (secondary N) is 2. The zero-order valence-corrected chi connectivity index (χ0v) is 15.6. The van der Waals surface area contributed by atoms with E-state index in [1.165, 1.54) is 0 Å². The molecule has 2 rings (SSSR count). The molecule has 2 N–H and O–H groups in total. The van der Waals surface area contributed by atoms with Gasteiger partial charge in [-0.2, -0.15) is 0 Å². The number of ether oxygens (including phenoxy) is 1. The van der Waals surface area contributed by atoms with Gasteiger partial charge >= 0.3 is 0 Å². The molecule has 2 amide bonds. The van der Waals surface area contributed by atoms with Gasteiger partial charge in [-0.15, -0.1) is 0 Å². The number of aliphatic imine (C=N–C) groups is 1. The van der Waals surface area contributed by atoms with Crippen LogP contribution in [0.3, 0.4) is 0 Å². The Morgan fingerprint density at radius 1 is 1.12 bits per heavy atom. The number of carbonyl (C=O) groups excluding carboxylic acids is 2. The summed E-state index contributed by atoms with van der Waals surface area (Å²) in [6.07, 6.45) is 1.57. The van der Waals surface area contributed by atoms with Crippen molar-refractivity contribution < 1.29 is 14.3 Å². The van der Waals surface area contributed by atoms with Crippen molar-refractivity contribution in [2.75, 3.05) is 52.9 Å². The molecule has 0 aromatic carbocycles. The number of hydrogen-bond donors (Lipinski definition) is 2. The van der Waals surface area contributed by atoms with Gasteiger partial charge in [0, 0.05) is 58.8 Å². The minimum Gasteiger partial charge on any atom is -0.368 e. The lowest BCUT2D eigenvalue weighted by molar-refractivity contribution is -0.142. The highest BCUT2D eigenvalue weighted by molar-refractivity contribution is 5.83. The topological polar surface area (TPSA) is 86.3 Å². The summed E-state index contributed by atoms with van der Waals surface area (Å²) < 4.78 is 5.49. The molecule has 1 unspecified atom stereocenters. The first-order valence-electron chi connectivity index (χ1n) is 9.16. The van der Waals surface area contributed by atoms with Gasteiger partial charge in [0.2, 0.25) is 5.91 Å². The Balaban J connectivity index is 1.70. The maximum absolute atomic E-state index is 12.4. The molecule has 2 aliphatic heterocycles. The third-order valence-corrected chi connectivity index (χ3v) is 4.54. The second-order valence-electron chi connectivity index (χ2n) is 6.73. The van der Waals surface area contributed by atoms with Gasteiger partial charge in [-0.25, -0.2) is 0 Å². The molecule has 8 heteroatoms. The highest BCUT2D eigenvalue weighted by atomic mass is 16.5. The maximum atomic E-state index is 12.4. The Bertz CT molecular complexity index is 481. The van der Waals surface area contributed by atoms with Crippen molar-refractivity contribution in [3.8, 4) is 0 Å². The predicted octanol–water partition coefficient (Wildman–Crippen LogP) is -0.343. The van der Waals surface area contributed by atoms with Crippen LogP contribution in [0.2, 0.25) is 0 Å². The van der Waals surface area contributed by atoms with E-state index in [-0.39, 0.29) is 23.8 Å². The van der Waals surface area contributed by atoms with E-state index in [9.17, 15) is 9.59 Å². The predicted molar refractivity (Wildman–Crippen MR) is 96.3 cm³/mol. The Morgan fingerprint density at radius 2 is 1.76 bits per heavy atom. The van der Waals surface area contributed by atoms with Gasteiger partial charge in [0.1, 0.15) is 6.10 Å². The molecular formula is C17H31N5O3. The van der Waals surface area contributed by atoms with Crippen molar-refractivity contribution in [3.63, 3.8) is 0 Å². The van der Waals surface area contributed by atoms with Crippen LogP contribution in [0.5, 0.6) is 0 Å². The molecule has 2 fully saturated rings. The first-order chi connectivity index (χ1) is 12.0. The number of amides is 2. The largest absolute Gasteiger partial charge is 0.368 e. The average molecular weight is 353 g/mol. The van der Waals surface area contributed by atoms with Crippen LogP contribution >= 0.6 is 0 Å². The summed E-state index contributed by atoms with van der Waals surface area (Å²) in [6.45, 7) is 8.49. The summed E-state index contributed by atoms with van der Waals surface area (Å²) in [5.74, 6) is 0.978. The van der Waals surface area contributed by atoms with Crippen molar-refractivity contribution >= 4 is 17.8 Å². The van der Waals surface area contributed by atoms with Gasteiger partial charge in [0.15, 0.2) is 5.96 Å². The fourth-order valence-electron chi connectivity index (χ4n) is 3.01. The molecule has 0 radical (unpaired) electrons. The first kappa shape index (κ1) is 19.5. The molecule has 2 saturated heterocycles. The lowest BCUT2D eigenvalue weighted by Gasteiger charge is -2.37. The lowest BCUT2D eigenvalue weighted by atomic mass is 10.2. The van der Waals surface area contributed by atoms with Crippen LogP contribution in [-0.4, -0.2) is 86.6 Å². The van der Waals surface area contributed by atoms with Crippen molar-refractivity contribution in [1.82, 2.24) is 20.4 Å². The Labute approximate surface area is 150 Å². The Kier molecular flexibility index (Phi) is 7.49. The van der Waals surface area contributed by atoms with E-state index in [2.05, 4.69) is 20.5 Å². The zero-order valence-electron chi connectivity index (χ0n) is 15.6. The zero-order chi connectivity index (χ0) is 18.2. The van der Waals surface area contributed by atoms with E-state index in [4.69, 9.17) is 4.74 Å². The van der Waals surface area contributed by atoms with Gasteiger partial charge in [-0.1, -0.05) is 13.8 Å². The van der Waals surface area contributed by atoms with Crippen LogP contribution in [0.4, 0.5) is 0 Å². The van der Waals surface area contributed by atoms with E-state index in [1.54, 1.807) is 7.05 Å². The maximum Gasteiger partial charge on any atom is 0.251 e. The van der Waals surface area contributed by atoms with Crippen LogP contribution in [0.1, 0.15) is 26.7 Å². The molecule has 2 aliphatic rings. The van der Waals surface area contributed by atoms with Gasteiger partial charge < -0.3 is 25.2 Å². The smallest absolute Gasteiger partial charge is 0.251 e. The molecule has 2 heterocycles. The molecule has 8 nitrogen and oxygen atoms in total. The summed E-state index contributed by atoms with van der Waals surface area (Å²) >= 11 is 0. The standard InChI is InChI=1S/C17H31N5O3/c1-13(2)15(23)19-6-7-20-17(18-3)22-10-8-21(9-11-22)16(24)14-5-4-12-25-14/h13-14H,4-12H2,1-3H3,(H,18,20)(H,19,23). The van der Waals surface area contributed by atoms with Crippen LogP contribution in [0.15, 0.2) is 4.99 Å². The minimum atomic E-state index is -0.242. The SMILES string of the molecule is CN=C(NCCNC(=O)C(C)C)N1CCN(C(=O)C2CCCO2)CC1. The Morgan fingerprint density at radius 3 is 2.32 bits per heavy atom. The van der Waals surface area contributed by atoms with Gasteiger partial charge in [-0.3, -0.25) is 14.6 Å². The average Bonchev–Trinajstić information content (AvgIpc) is 3.16. The summed E-state index contributed by atoms with van der Waals surface area (Å²) in [7, 11) is 1.75. The summed E-state index contributed by atoms with van der Waals surface area (Å²) in [5, 5.41) is 6.14. The number of piperazine rings is 1. The van der Waals surface area contributed by atoms with Crippen LogP contribution in [-0.2, 0) is 14.3 Å². The first-order valence-corrected chi connectivity index (χ1v) is 9.16. The molecule has 25 heavy (non-hydrogen) atoms. The molecule has 0 aromatic heterocycles. The molecule has 0 saturated carbocycles. The molecule has 0 bridgehead atoms. The molecule has 0 spiro atoms. The minimum absolute atomic E-state index is 0.00576. The summed E-state index contributed by atoms with van der Waals surface area (Å²) in [4.78, 5) is 32.2. The monoisotopic (exact) mass is 353 g/mol. The fourth-order valence-corrected chi connectivity index (χ4v) is 3.01. The van der Waals surface area contributed by atoms with Crippen molar-refractivity contribution in [2.24, 2.45) is 10.9 Å². The molecule has 142 valence electrons. The fraction of sp³-hybridized carbons (Fsp3) is 0.824. The summed E-state index contributed by atoms with van der Waals surface area (Å²) in [5.41, 5.74) is 0. The molecular weight excluding hydrogens is 322 g/mol. The summed E-state index contributed by atoms with van der Waals surface area (Å²) in [6, 6.07) is 0. The highest BCUT2D eigenvalue weighted by Crippen LogP contribution is 2.16. The van der Waals surface area contributed by atoms with Crippen LogP contribution < -0.4 is 10.6 Å². The number of guanidine groups is 1. The highest BCUT2D eigenvalue weighted by Gasteiger charge is 2.30. The van der Waals surface area contributed by atoms with E-state index >= 15 is 0 Å². The van der Waals surface area contributed by atoms with Crippen molar-refractivity contribution in [2.45, 2.75) is 32.8 Å². The lowest BCUT2D eigenvalue weighted by Crippen LogP contribution is -2.55. The number of hydrogen-bond acceptors (Lipinski definition) is 4. The van der Waals surface area contributed by atoms with Crippen LogP contribution in [0.25, 0.3) is 0 Å². The van der Waals surface area contributed by atoms with E-state index in [1.807, 2.05) is 18.7 Å². The van der Waals surface area contributed by atoms with E-state index in [0.717, 1.165) is 31.9 Å². The van der Waals surface area contributed by atoms with E-state index < -0.39 is 0 Å². The van der Waals surface area contributed by atoms with Gasteiger partial charge in [0.25, 0.3) is 5.91 Å². The second-order valence-corrected chi connectivity index (χ2v) is 6.73. The number of nitrogens with zero attached hydrogens (tertiary/aromatic N) is 3. The molecule has 0 aromatic rings. The quantitative estimate of drug-likeness (QED) is 0.401. The van der Waals surface area contributed by atoms with Gasteiger partial charge in [-0.05, 0) is 12.8 Å². The third kappa shape index (κ3) is 5.59. The van der Waals surface area contributed by atoms with Crippen molar-refractivity contribution in [1.29, 1.82) is 0 Å². The molecule has 0 aliphatic carbocycles.